The van der Waals surface area contributed by atoms with Crippen LogP contribution in [0, 0.1) is 5.92 Å². The standard InChI is InChI=1S/C27H38N2O5.C2H2O4/c1-17(25(28)30)27(16-18-9-10-21(31-5)22(13-18)32-6)20-15-24(34-8)23(33-7)14-19(20)11-12-29(27)26(2,3)4;3-1(4)2(5)6/h9-10,13-15,17H,11-12,16H2,1-8H3,(H2,28,30);(H,3,4)(H,5,6)/t17?,27-;/m1./s1. The molecule has 0 saturated carbocycles. The van der Waals surface area contributed by atoms with Gasteiger partial charge in [-0.3, -0.25) is 9.69 Å². The average molecular weight is 561 g/mol. The Hall–Kier alpha value is -3.99. The number of nitrogens with zero attached hydrogens (tertiary/aromatic N) is 1. The van der Waals surface area contributed by atoms with Crippen LogP contribution in [-0.4, -0.2) is 73.5 Å². The molecule has 1 aliphatic rings. The number of rotatable bonds is 8. The van der Waals surface area contributed by atoms with Crippen LogP contribution in [0.25, 0.3) is 0 Å². The summed E-state index contributed by atoms with van der Waals surface area (Å²) in [4.78, 5) is 33.5. The van der Waals surface area contributed by atoms with Gasteiger partial charge >= 0.3 is 11.9 Å². The van der Waals surface area contributed by atoms with E-state index in [1.807, 2.05) is 37.3 Å². The fourth-order valence-electron chi connectivity index (χ4n) is 5.39. The summed E-state index contributed by atoms with van der Waals surface area (Å²) in [6, 6.07) is 9.95. The number of carboxylic acid groups (broad SMARTS) is 2. The quantitative estimate of drug-likeness (QED) is 0.410. The van der Waals surface area contributed by atoms with Crippen LogP contribution in [0.4, 0.5) is 0 Å². The second-order valence-corrected chi connectivity index (χ2v) is 10.5. The van der Waals surface area contributed by atoms with E-state index >= 15 is 0 Å². The van der Waals surface area contributed by atoms with Crippen LogP contribution in [0.2, 0.25) is 0 Å². The van der Waals surface area contributed by atoms with E-state index in [0.29, 0.717) is 29.4 Å². The summed E-state index contributed by atoms with van der Waals surface area (Å²) >= 11 is 0. The zero-order valence-corrected chi connectivity index (χ0v) is 24.4. The molecule has 0 spiro atoms. The number of carboxylic acids is 2. The third-order valence-electron chi connectivity index (χ3n) is 7.22. The number of benzene rings is 2. The molecule has 1 amide bonds. The Balaban J connectivity index is 0.000000840. The van der Waals surface area contributed by atoms with E-state index < -0.39 is 23.4 Å². The molecule has 0 fully saturated rings. The molecule has 2 atom stereocenters. The van der Waals surface area contributed by atoms with Crippen LogP contribution in [0.5, 0.6) is 23.0 Å². The number of primary amides is 1. The Morgan fingerprint density at radius 1 is 0.900 bits per heavy atom. The van der Waals surface area contributed by atoms with Crippen molar-refractivity contribution in [3.8, 4) is 23.0 Å². The van der Waals surface area contributed by atoms with Gasteiger partial charge in [0.25, 0.3) is 0 Å². The number of nitrogens with two attached hydrogens (primary N) is 1. The van der Waals surface area contributed by atoms with E-state index in [-0.39, 0.29) is 11.4 Å². The van der Waals surface area contributed by atoms with E-state index in [1.165, 1.54) is 0 Å². The summed E-state index contributed by atoms with van der Waals surface area (Å²) in [5.41, 5.74) is 8.27. The summed E-state index contributed by atoms with van der Waals surface area (Å²) in [5, 5.41) is 14.8. The van der Waals surface area contributed by atoms with Crippen LogP contribution in [0.15, 0.2) is 30.3 Å². The van der Waals surface area contributed by atoms with Gasteiger partial charge < -0.3 is 34.9 Å². The maximum atomic E-state index is 12.9. The van der Waals surface area contributed by atoms with Crippen molar-refractivity contribution in [2.24, 2.45) is 11.7 Å². The second-order valence-electron chi connectivity index (χ2n) is 10.5. The van der Waals surface area contributed by atoms with Gasteiger partial charge in [0.15, 0.2) is 23.0 Å². The largest absolute Gasteiger partial charge is 0.493 e. The molecule has 11 nitrogen and oxygen atoms in total. The maximum absolute atomic E-state index is 12.9. The molecule has 0 bridgehead atoms. The fourth-order valence-corrected chi connectivity index (χ4v) is 5.39. The molecule has 0 aliphatic carbocycles. The summed E-state index contributed by atoms with van der Waals surface area (Å²) in [7, 11) is 6.50. The average Bonchev–Trinajstić information content (AvgIpc) is 2.91. The van der Waals surface area contributed by atoms with Gasteiger partial charge in [-0.05, 0) is 74.6 Å². The Bertz CT molecular complexity index is 1230. The summed E-state index contributed by atoms with van der Waals surface area (Å²) in [6.45, 7) is 9.23. The van der Waals surface area contributed by atoms with Crippen molar-refractivity contribution in [2.75, 3.05) is 35.0 Å². The first-order valence-corrected chi connectivity index (χ1v) is 12.7. The lowest BCUT2D eigenvalue weighted by Crippen LogP contribution is -2.64. The first-order valence-electron chi connectivity index (χ1n) is 12.7. The molecule has 2 aromatic carbocycles. The molecule has 1 aliphatic heterocycles. The Morgan fingerprint density at radius 2 is 1.40 bits per heavy atom. The number of hydrogen-bond acceptors (Lipinski definition) is 8. The zero-order valence-electron chi connectivity index (χ0n) is 24.4. The zero-order chi connectivity index (χ0) is 30.4. The molecule has 220 valence electrons. The van der Waals surface area contributed by atoms with Gasteiger partial charge in [0.05, 0.1) is 39.9 Å². The van der Waals surface area contributed by atoms with Crippen LogP contribution in [-0.2, 0) is 32.8 Å². The molecule has 0 radical (unpaired) electrons. The molecule has 1 unspecified atom stereocenters. The lowest BCUT2D eigenvalue weighted by molar-refractivity contribution is -0.159. The van der Waals surface area contributed by atoms with Crippen LogP contribution >= 0.6 is 0 Å². The highest BCUT2D eigenvalue weighted by molar-refractivity contribution is 6.27. The van der Waals surface area contributed by atoms with Crippen molar-refractivity contribution in [1.29, 1.82) is 0 Å². The lowest BCUT2D eigenvalue weighted by Gasteiger charge is -2.56. The third-order valence-corrected chi connectivity index (χ3v) is 7.22. The molecular weight excluding hydrogens is 520 g/mol. The van der Waals surface area contributed by atoms with Crippen LogP contribution < -0.4 is 24.7 Å². The topological polar surface area (TPSA) is 158 Å². The van der Waals surface area contributed by atoms with Gasteiger partial charge in [0.2, 0.25) is 5.91 Å². The highest BCUT2D eigenvalue weighted by atomic mass is 16.5. The number of fused-ring (bicyclic) bond motifs is 1. The summed E-state index contributed by atoms with van der Waals surface area (Å²) < 4.78 is 22.3. The minimum atomic E-state index is -1.82. The van der Waals surface area contributed by atoms with Crippen molar-refractivity contribution in [3.05, 3.63) is 47.0 Å². The van der Waals surface area contributed by atoms with E-state index in [0.717, 1.165) is 29.7 Å². The smallest absolute Gasteiger partial charge is 0.414 e. The fraction of sp³-hybridized carbons (Fsp3) is 0.483. The highest BCUT2D eigenvalue weighted by Gasteiger charge is 2.52. The van der Waals surface area contributed by atoms with Crippen molar-refractivity contribution < 1.29 is 43.5 Å². The lowest BCUT2D eigenvalue weighted by atomic mass is 9.67. The highest BCUT2D eigenvalue weighted by Crippen LogP contribution is 2.50. The molecule has 40 heavy (non-hydrogen) atoms. The monoisotopic (exact) mass is 560 g/mol. The number of ether oxygens (including phenoxy) is 4. The first-order chi connectivity index (χ1) is 18.7. The SMILES string of the molecule is COc1ccc(C[C@@]2(C(C)C(N)=O)c3cc(OC)c(OC)cc3CCN2C(C)(C)C)cc1OC.O=C(O)C(=O)O. The predicted molar refractivity (Wildman–Crippen MR) is 148 cm³/mol. The summed E-state index contributed by atoms with van der Waals surface area (Å²) in [6.07, 6.45) is 1.38. The number of amides is 1. The van der Waals surface area contributed by atoms with Crippen LogP contribution in [0.1, 0.15) is 44.4 Å². The normalized spacial score (nSPS) is 17.4. The Labute approximate surface area is 234 Å². The van der Waals surface area contributed by atoms with E-state index in [1.54, 1.807) is 28.4 Å². The van der Waals surface area contributed by atoms with Crippen molar-refractivity contribution in [3.63, 3.8) is 0 Å². The van der Waals surface area contributed by atoms with Crippen molar-refractivity contribution in [2.45, 2.75) is 51.6 Å². The summed E-state index contributed by atoms with van der Waals surface area (Å²) in [5.74, 6) is -1.87. The third kappa shape index (κ3) is 6.59. The molecule has 11 heteroatoms. The van der Waals surface area contributed by atoms with Gasteiger partial charge in [-0.1, -0.05) is 13.0 Å². The number of carbonyl (C=O) groups excluding carboxylic acids is 1. The second kappa shape index (κ2) is 12.9. The van der Waals surface area contributed by atoms with E-state index in [9.17, 15) is 4.79 Å². The molecule has 0 aromatic heterocycles. The number of methoxy groups -OCH3 is 4. The van der Waals surface area contributed by atoms with Gasteiger partial charge in [-0.15, -0.1) is 0 Å². The molecule has 2 aromatic rings. The molecule has 1 heterocycles. The minimum absolute atomic E-state index is 0.231. The number of hydrogen-bond donors (Lipinski definition) is 3. The van der Waals surface area contributed by atoms with Crippen LogP contribution in [0.3, 0.4) is 0 Å². The van der Waals surface area contributed by atoms with Gasteiger partial charge in [0.1, 0.15) is 0 Å². The van der Waals surface area contributed by atoms with Gasteiger partial charge in [0, 0.05) is 12.1 Å². The Kier molecular flexibility index (Phi) is 10.4. The van der Waals surface area contributed by atoms with E-state index in [2.05, 4.69) is 25.7 Å². The predicted octanol–water partition coefficient (Wildman–Crippen LogP) is 3.09. The van der Waals surface area contributed by atoms with Crippen molar-refractivity contribution in [1.82, 2.24) is 4.90 Å². The minimum Gasteiger partial charge on any atom is -0.493 e. The van der Waals surface area contributed by atoms with E-state index in [4.69, 9.17) is 44.5 Å². The Morgan fingerprint density at radius 3 is 1.85 bits per heavy atom. The maximum Gasteiger partial charge on any atom is 0.414 e. The number of carbonyl (C=O) groups is 3. The molecule has 0 saturated heterocycles. The molecule has 3 rings (SSSR count). The van der Waals surface area contributed by atoms with Gasteiger partial charge in [-0.2, -0.15) is 0 Å². The molecular formula is C29H40N2O9. The van der Waals surface area contributed by atoms with Crippen molar-refractivity contribution >= 4 is 17.8 Å². The molecule has 4 N–H and O–H groups in total. The first kappa shape index (κ1) is 32.2. The van der Waals surface area contributed by atoms with Gasteiger partial charge in [-0.25, -0.2) is 9.59 Å². The number of aliphatic carboxylic acids is 2.